The van der Waals surface area contributed by atoms with Gasteiger partial charge in [-0.3, -0.25) is 4.84 Å². The lowest BCUT2D eigenvalue weighted by molar-refractivity contribution is -0.137. The van der Waals surface area contributed by atoms with Crippen LogP contribution in [0.1, 0.15) is 11.1 Å². The first-order chi connectivity index (χ1) is 6.45. The number of benzene rings is 1. The zero-order valence-electron chi connectivity index (χ0n) is 6.94. The minimum Gasteiger partial charge on any atom is -0.300 e. The molecule has 0 saturated carbocycles. The van der Waals surface area contributed by atoms with Crippen molar-refractivity contribution in [2.75, 3.05) is 0 Å². The number of halogens is 4. The van der Waals surface area contributed by atoms with Gasteiger partial charge in [-0.1, -0.05) is 17.7 Å². The Balaban J connectivity index is 3.09. The van der Waals surface area contributed by atoms with Crippen LogP contribution in [-0.2, 0) is 17.6 Å². The Morgan fingerprint density at radius 1 is 1.36 bits per heavy atom. The second-order valence-corrected chi connectivity index (χ2v) is 3.03. The molecule has 0 aliphatic rings. The summed E-state index contributed by atoms with van der Waals surface area (Å²) in [5.74, 6) is 4.74. The van der Waals surface area contributed by atoms with Crippen LogP contribution in [0.3, 0.4) is 0 Å². The molecular weight excluding hydrogens is 219 g/mol. The molecule has 0 aromatic heterocycles. The van der Waals surface area contributed by atoms with Gasteiger partial charge in [0.2, 0.25) is 0 Å². The SMILES string of the molecule is NOCc1ccc(Cl)c(C(F)(F)F)c1. The van der Waals surface area contributed by atoms with E-state index in [0.29, 0.717) is 5.56 Å². The van der Waals surface area contributed by atoms with Crippen LogP contribution in [0.4, 0.5) is 13.2 Å². The predicted octanol–water partition coefficient (Wildman–Crippen LogP) is 2.75. The molecular formula is C8H7ClF3NO. The van der Waals surface area contributed by atoms with Gasteiger partial charge in [-0.05, 0) is 17.7 Å². The van der Waals surface area contributed by atoms with Crippen molar-refractivity contribution in [2.45, 2.75) is 12.8 Å². The van der Waals surface area contributed by atoms with Crippen molar-refractivity contribution in [3.63, 3.8) is 0 Å². The number of hydrogen-bond donors (Lipinski definition) is 1. The molecule has 78 valence electrons. The summed E-state index contributed by atoms with van der Waals surface area (Å²) < 4.78 is 36.9. The van der Waals surface area contributed by atoms with Gasteiger partial charge in [-0.15, -0.1) is 0 Å². The summed E-state index contributed by atoms with van der Waals surface area (Å²) in [4.78, 5) is 4.22. The summed E-state index contributed by atoms with van der Waals surface area (Å²) in [6, 6.07) is 3.50. The molecule has 0 aliphatic heterocycles. The molecule has 0 heterocycles. The Morgan fingerprint density at radius 2 is 2.00 bits per heavy atom. The Bertz CT molecular complexity index is 327. The van der Waals surface area contributed by atoms with Crippen LogP contribution in [-0.4, -0.2) is 0 Å². The molecule has 1 rings (SSSR count). The van der Waals surface area contributed by atoms with Crippen molar-refractivity contribution in [1.82, 2.24) is 0 Å². The third-order valence-electron chi connectivity index (χ3n) is 1.59. The van der Waals surface area contributed by atoms with Crippen LogP contribution in [0.25, 0.3) is 0 Å². The van der Waals surface area contributed by atoms with E-state index in [1.807, 2.05) is 0 Å². The smallest absolute Gasteiger partial charge is 0.300 e. The lowest BCUT2D eigenvalue weighted by atomic mass is 10.1. The molecule has 1 aromatic carbocycles. The first-order valence-corrected chi connectivity index (χ1v) is 4.00. The molecule has 0 atom stereocenters. The minimum absolute atomic E-state index is 0.0831. The highest BCUT2D eigenvalue weighted by Gasteiger charge is 2.33. The third kappa shape index (κ3) is 2.60. The van der Waals surface area contributed by atoms with Crippen LogP contribution in [0.5, 0.6) is 0 Å². The standard InChI is InChI=1S/C8H7ClF3NO/c9-7-2-1-5(4-14-13)3-6(7)8(10,11)12/h1-3H,4,13H2. The predicted molar refractivity (Wildman–Crippen MR) is 45.4 cm³/mol. The molecule has 14 heavy (non-hydrogen) atoms. The van der Waals surface area contributed by atoms with Crippen molar-refractivity contribution < 1.29 is 18.0 Å². The second-order valence-electron chi connectivity index (χ2n) is 2.62. The number of rotatable bonds is 2. The van der Waals surface area contributed by atoms with Gasteiger partial charge in [-0.2, -0.15) is 13.2 Å². The second kappa shape index (κ2) is 4.16. The minimum atomic E-state index is -4.46. The molecule has 0 radical (unpaired) electrons. The van der Waals surface area contributed by atoms with E-state index in [-0.39, 0.29) is 11.6 Å². The highest BCUT2D eigenvalue weighted by molar-refractivity contribution is 6.31. The maximum absolute atomic E-state index is 12.3. The molecule has 0 bridgehead atoms. The fourth-order valence-corrected chi connectivity index (χ4v) is 1.20. The number of alkyl halides is 3. The van der Waals surface area contributed by atoms with Crippen molar-refractivity contribution in [3.05, 3.63) is 34.3 Å². The lowest BCUT2D eigenvalue weighted by Gasteiger charge is -2.10. The average molecular weight is 226 g/mol. The van der Waals surface area contributed by atoms with E-state index >= 15 is 0 Å². The van der Waals surface area contributed by atoms with Crippen LogP contribution in [0, 0.1) is 0 Å². The molecule has 2 N–H and O–H groups in total. The monoisotopic (exact) mass is 225 g/mol. The Morgan fingerprint density at radius 3 is 2.50 bits per heavy atom. The fourth-order valence-electron chi connectivity index (χ4n) is 0.976. The van der Waals surface area contributed by atoms with Crippen LogP contribution < -0.4 is 5.90 Å². The average Bonchev–Trinajstić information content (AvgIpc) is 2.07. The Kier molecular flexibility index (Phi) is 3.36. The molecule has 6 heteroatoms. The van der Waals surface area contributed by atoms with E-state index < -0.39 is 11.7 Å². The molecule has 0 spiro atoms. The molecule has 0 saturated heterocycles. The summed E-state index contributed by atoms with van der Waals surface area (Å²) in [6.07, 6.45) is -4.46. The molecule has 2 nitrogen and oxygen atoms in total. The first kappa shape index (κ1) is 11.3. The number of hydrogen-bond acceptors (Lipinski definition) is 2. The van der Waals surface area contributed by atoms with E-state index in [1.54, 1.807) is 0 Å². The third-order valence-corrected chi connectivity index (χ3v) is 1.92. The van der Waals surface area contributed by atoms with Crippen molar-refractivity contribution >= 4 is 11.6 Å². The molecule has 0 unspecified atom stereocenters. The molecule has 0 fully saturated rings. The van der Waals surface area contributed by atoms with Gasteiger partial charge in [0.05, 0.1) is 17.2 Å². The summed E-state index contributed by atoms with van der Waals surface area (Å²) >= 11 is 5.39. The van der Waals surface area contributed by atoms with Crippen molar-refractivity contribution in [1.29, 1.82) is 0 Å². The molecule has 0 aliphatic carbocycles. The van der Waals surface area contributed by atoms with E-state index in [0.717, 1.165) is 6.07 Å². The van der Waals surface area contributed by atoms with E-state index in [1.165, 1.54) is 12.1 Å². The van der Waals surface area contributed by atoms with Crippen LogP contribution >= 0.6 is 11.6 Å². The zero-order chi connectivity index (χ0) is 10.8. The maximum Gasteiger partial charge on any atom is 0.417 e. The first-order valence-electron chi connectivity index (χ1n) is 3.62. The van der Waals surface area contributed by atoms with E-state index in [9.17, 15) is 13.2 Å². The maximum atomic E-state index is 12.3. The van der Waals surface area contributed by atoms with E-state index in [2.05, 4.69) is 4.84 Å². The van der Waals surface area contributed by atoms with Gasteiger partial charge in [0.25, 0.3) is 0 Å². The highest BCUT2D eigenvalue weighted by atomic mass is 35.5. The Labute approximate surface area is 83.4 Å². The summed E-state index contributed by atoms with van der Waals surface area (Å²) in [7, 11) is 0. The molecule has 1 aromatic rings. The van der Waals surface area contributed by atoms with Crippen LogP contribution in [0.15, 0.2) is 18.2 Å². The van der Waals surface area contributed by atoms with Gasteiger partial charge in [0, 0.05) is 0 Å². The highest BCUT2D eigenvalue weighted by Crippen LogP contribution is 2.35. The van der Waals surface area contributed by atoms with Gasteiger partial charge < -0.3 is 0 Å². The quantitative estimate of drug-likeness (QED) is 0.786. The largest absolute Gasteiger partial charge is 0.417 e. The number of nitrogens with two attached hydrogens (primary N) is 1. The lowest BCUT2D eigenvalue weighted by Crippen LogP contribution is -2.07. The topological polar surface area (TPSA) is 35.2 Å². The van der Waals surface area contributed by atoms with Crippen LogP contribution in [0.2, 0.25) is 5.02 Å². The van der Waals surface area contributed by atoms with Gasteiger partial charge in [0.15, 0.2) is 0 Å². The Hall–Kier alpha value is -0.780. The molecule has 0 amide bonds. The van der Waals surface area contributed by atoms with Crippen molar-refractivity contribution in [2.24, 2.45) is 5.90 Å². The fraction of sp³-hybridized carbons (Fsp3) is 0.250. The summed E-state index contributed by atoms with van der Waals surface area (Å²) in [6.45, 7) is -0.0831. The van der Waals surface area contributed by atoms with Gasteiger partial charge >= 0.3 is 6.18 Å². The normalized spacial score (nSPS) is 11.8. The van der Waals surface area contributed by atoms with Crippen molar-refractivity contribution in [3.8, 4) is 0 Å². The van der Waals surface area contributed by atoms with E-state index in [4.69, 9.17) is 17.5 Å². The zero-order valence-corrected chi connectivity index (χ0v) is 7.69. The van der Waals surface area contributed by atoms with Gasteiger partial charge in [-0.25, -0.2) is 5.90 Å². The summed E-state index contributed by atoms with van der Waals surface area (Å²) in [5, 5.41) is -0.335. The summed E-state index contributed by atoms with van der Waals surface area (Å²) in [5.41, 5.74) is -0.557. The van der Waals surface area contributed by atoms with Gasteiger partial charge in [0.1, 0.15) is 0 Å².